The molecule has 1 rings (SSSR count). The van der Waals surface area contributed by atoms with Crippen molar-refractivity contribution in [2.45, 2.75) is 37.8 Å². The maximum atomic E-state index is 10.9. The highest BCUT2D eigenvalue weighted by Crippen LogP contribution is 2.30. The van der Waals surface area contributed by atoms with Crippen LogP contribution in [0.2, 0.25) is 0 Å². The Morgan fingerprint density at radius 1 is 1.27 bits per heavy atom. The zero-order valence-corrected chi connectivity index (χ0v) is 10.6. The predicted octanol–water partition coefficient (Wildman–Crippen LogP) is 3.94. The second-order valence-electron chi connectivity index (χ2n) is 4.23. The van der Waals surface area contributed by atoms with Gasteiger partial charge in [0.2, 0.25) is 0 Å². The number of aldehydes is 1. The fourth-order valence-corrected chi connectivity index (χ4v) is 2.27. The smallest absolute Gasteiger partial charge is 0.151 e. The first-order valence-electron chi connectivity index (χ1n) is 5.27. The minimum absolute atomic E-state index is 0.534. The highest BCUT2D eigenvalue weighted by Gasteiger charge is 2.11. The van der Waals surface area contributed by atoms with Gasteiger partial charge in [-0.25, -0.2) is 0 Å². The van der Waals surface area contributed by atoms with Crippen molar-refractivity contribution in [1.82, 2.24) is 0 Å². The average molecular weight is 222 g/mol. The molecule has 1 aromatic rings. The van der Waals surface area contributed by atoms with Crippen LogP contribution in [-0.2, 0) is 0 Å². The third-order valence-corrected chi connectivity index (χ3v) is 4.09. The Balaban J connectivity index is 2.89. The third kappa shape index (κ3) is 3.38. The topological polar surface area (TPSA) is 17.1 Å². The first-order chi connectivity index (χ1) is 7.04. The molecule has 0 aliphatic rings. The van der Waals surface area contributed by atoms with Crippen LogP contribution in [0.5, 0.6) is 0 Å². The van der Waals surface area contributed by atoms with Crippen LogP contribution in [0.15, 0.2) is 23.1 Å². The zero-order valence-electron chi connectivity index (χ0n) is 9.78. The van der Waals surface area contributed by atoms with Crippen molar-refractivity contribution >= 4 is 18.0 Å². The van der Waals surface area contributed by atoms with Gasteiger partial charge in [0.05, 0.1) is 0 Å². The number of hydrogen-bond acceptors (Lipinski definition) is 2. The summed E-state index contributed by atoms with van der Waals surface area (Å²) in [6.07, 6.45) is 0.947. The number of rotatable bonds is 4. The Morgan fingerprint density at radius 3 is 2.47 bits per heavy atom. The first kappa shape index (κ1) is 12.3. The van der Waals surface area contributed by atoms with Crippen molar-refractivity contribution in [2.24, 2.45) is 5.92 Å². The van der Waals surface area contributed by atoms with Gasteiger partial charge in [0, 0.05) is 15.7 Å². The van der Waals surface area contributed by atoms with Crippen LogP contribution >= 0.6 is 11.8 Å². The Kier molecular flexibility index (Phi) is 4.40. The van der Waals surface area contributed by atoms with E-state index in [2.05, 4.69) is 26.8 Å². The van der Waals surface area contributed by atoms with Crippen molar-refractivity contribution in [3.8, 4) is 0 Å². The van der Waals surface area contributed by atoms with E-state index in [0.717, 1.165) is 22.3 Å². The number of benzene rings is 1. The lowest BCUT2D eigenvalue weighted by atomic mass is 10.1. The number of carbonyl (C=O) groups is 1. The lowest BCUT2D eigenvalue weighted by molar-refractivity contribution is 0.112. The molecule has 0 spiro atoms. The molecule has 0 saturated heterocycles. The molecule has 1 unspecified atom stereocenters. The average Bonchev–Trinajstić information content (AvgIpc) is 2.20. The van der Waals surface area contributed by atoms with E-state index in [-0.39, 0.29) is 0 Å². The van der Waals surface area contributed by atoms with E-state index >= 15 is 0 Å². The summed E-state index contributed by atoms with van der Waals surface area (Å²) in [6.45, 7) is 8.61. The molecule has 82 valence electrons. The lowest BCUT2D eigenvalue weighted by Crippen LogP contribution is -2.05. The molecule has 0 radical (unpaired) electrons. The molecule has 0 fully saturated rings. The standard InChI is InChI=1S/C13H18OS/c1-9(2)11(4)15-13-6-5-10(3)7-12(13)8-14/h5-9,11H,1-4H3. The van der Waals surface area contributed by atoms with Gasteiger partial charge in [-0.2, -0.15) is 0 Å². The van der Waals surface area contributed by atoms with Gasteiger partial charge in [-0.3, -0.25) is 4.79 Å². The van der Waals surface area contributed by atoms with Crippen molar-refractivity contribution in [3.63, 3.8) is 0 Å². The summed E-state index contributed by atoms with van der Waals surface area (Å²) in [6, 6.07) is 6.05. The van der Waals surface area contributed by atoms with Crippen molar-refractivity contribution in [2.75, 3.05) is 0 Å². The minimum atomic E-state index is 0.534. The van der Waals surface area contributed by atoms with Gasteiger partial charge >= 0.3 is 0 Å². The van der Waals surface area contributed by atoms with Crippen LogP contribution in [0.25, 0.3) is 0 Å². The van der Waals surface area contributed by atoms with E-state index in [9.17, 15) is 4.79 Å². The van der Waals surface area contributed by atoms with Crippen molar-refractivity contribution in [3.05, 3.63) is 29.3 Å². The quantitative estimate of drug-likeness (QED) is 0.567. The summed E-state index contributed by atoms with van der Waals surface area (Å²) < 4.78 is 0. The molecule has 0 N–H and O–H groups in total. The van der Waals surface area contributed by atoms with Crippen molar-refractivity contribution < 1.29 is 4.79 Å². The number of carbonyl (C=O) groups excluding carboxylic acids is 1. The van der Waals surface area contributed by atoms with E-state index in [1.165, 1.54) is 0 Å². The summed E-state index contributed by atoms with van der Waals surface area (Å²) >= 11 is 1.78. The molecule has 0 aromatic heterocycles. The molecule has 0 heterocycles. The summed E-state index contributed by atoms with van der Waals surface area (Å²) in [4.78, 5) is 12.0. The molecule has 0 saturated carbocycles. The minimum Gasteiger partial charge on any atom is -0.298 e. The highest BCUT2D eigenvalue weighted by molar-refractivity contribution is 8.00. The summed E-state index contributed by atoms with van der Waals surface area (Å²) in [7, 11) is 0. The largest absolute Gasteiger partial charge is 0.298 e. The van der Waals surface area contributed by atoms with E-state index < -0.39 is 0 Å². The van der Waals surface area contributed by atoms with Crippen LogP contribution in [0.1, 0.15) is 36.7 Å². The maximum Gasteiger partial charge on any atom is 0.151 e. The zero-order chi connectivity index (χ0) is 11.4. The molecule has 0 aliphatic heterocycles. The lowest BCUT2D eigenvalue weighted by Gasteiger charge is -2.16. The van der Waals surface area contributed by atoms with E-state index in [4.69, 9.17) is 0 Å². The Bertz CT molecular complexity index is 344. The predicted molar refractivity (Wildman–Crippen MR) is 66.7 cm³/mol. The van der Waals surface area contributed by atoms with Gasteiger partial charge in [-0.1, -0.05) is 32.4 Å². The molecule has 0 aliphatic carbocycles. The highest BCUT2D eigenvalue weighted by atomic mass is 32.2. The Hall–Kier alpha value is -0.760. The monoisotopic (exact) mass is 222 g/mol. The first-order valence-corrected chi connectivity index (χ1v) is 6.15. The van der Waals surface area contributed by atoms with Crippen LogP contribution in [0, 0.1) is 12.8 Å². The number of thioether (sulfide) groups is 1. The fraction of sp³-hybridized carbons (Fsp3) is 0.462. The van der Waals surface area contributed by atoms with E-state index in [0.29, 0.717) is 11.2 Å². The van der Waals surface area contributed by atoms with Crippen LogP contribution in [-0.4, -0.2) is 11.5 Å². The third-order valence-electron chi connectivity index (χ3n) is 2.54. The van der Waals surface area contributed by atoms with E-state index in [1.807, 2.05) is 19.1 Å². The Morgan fingerprint density at radius 2 is 1.93 bits per heavy atom. The van der Waals surface area contributed by atoms with Crippen LogP contribution in [0.3, 0.4) is 0 Å². The molecule has 1 atom stereocenters. The molecular weight excluding hydrogens is 204 g/mol. The molecule has 0 amide bonds. The molecule has 1 aromatic carbocycles. The van der Waals surface area contributed by atoms with Crippen LogP contribution in [0.4, 0.5) is 0 Å². The molecular formula is C13H18OS. The number of hydrogen-bond donors (Lipinski definition) is 0. The SMILES string of the molecule is Cc1ccc(SC(C)C(C)C)c(C=O)c1. The molecule has 2 heteroatoms. The van der Waals surface area contributed by atoms with Crippen molar-refractivity contribution in [1.29, 1.82) is 0 Å². The summed E-state index contributed by atoms with van der Waals surface area (Å²) in [5.41, 5.74) is 1.95. The second-order valence-corrected chi connectivity index (χ2v) is 5.65. The van der Waals surface area contributed by atoms with Gasteiger partial charge in [0.15, 0.2) is 6.29 Å². The van der Waals surface area contributed by atoms with Gasteiger partial charge in [0.1, 0.15) is 0 Å². The summed E-state index contributed by atoms with van der Waals surface area (Å²) in [5.74, 6) is 0.621. The second kappa shape index (κ2) is 5.36. The number of aryl methyl sites for hydroxylation is 1. The molecule has 1 nitrogen and oxygen atoms in total. The summed E-state index contributed by atoms with van der Waals surface area (Å²) in [5, 5.41) is 0.534. The molecule has 15 heavy (non-hydrogen) atoms. The van der Waals surface area contributed by atoms with Gasteiger partial charge < -0.3 is 0 Å². The van der Waals surface area contributed by atoms with Crippen LogP contribution < -0.4 is 0 Å². The fourth-order valence-electron chi connectivity index (χ4n) is 1.20. The van der Waals surface area contributed by atoms with Gasteiger partial charge in [-0.15, -0.1) is 11.8 Å². The van der Waals surface area contributed by atoms with Gasteiger partial charge in [0.25, 0.3) is 0 Å². The maximum absolute atomic E-state index is 10.9. The normalized spacial score (nSPS) is 12.9. The van der Waals surface area contributed by atoms with E-state index in [1.54, 1.807) is 11.8 Å². The Labute approximate surface area is 96.3 Å². The molecule has 0 bridgehead atoms. The van der Waals surface area contributed by atoms with Gasteiger partial charge in [-0.05, 0) is 25.0 Å².